The maximum Gasteiger partial charge on any atom is 0.325 e. The maximum absolute atomic E-state index is 12.1. The molecule has 1 aliphatic heterocycles. The summed E-state index contributed by atoms with van der Waals surface area (Å²) >= 11 is 0. The van der Waals surface area contributed by atoms with Crippen LogP contribution in [-0.4, -0.2) is 35.5 Å². The first kappa shape index (κ1) is 16.1. The SMILES string of the molecule is CC1(C)NC(=O)N(CCOc2ccc(-c3ccccc3)cc2)C1=O. The van der Waals surface area contributed by atoms with Crippen molar-refractivity contribution in [3.8, 4) is 16.9 Å². The molecule has 1 fully saturated rings. The van der Waals surface area contributed by atoms with Crippen molar-refractivity contribution in [3.05, 3.63) is 54.6 Å². The lowest BCUT2D eigenvalue weighted by Gasteiger charge is -2.16. The van der Waals surface area contributed by atoms with E-state index in [-0.39, 0.29) is 25.1 Å². The van der Waals surface area contributed by atoms with Crippen LogP contribution in [0.5, 0.6) is 5.75 Å². The van der Waals surface area contributed by atoms with Crippen molar-refractivity contribution < 1.29 is 14.3 Å². The summed E-state index contributed by atoms with van der Waals surface area (Å²) in [5.74, 6) is 0.483. The number of amides is 3. The highest BCUT2D eigenvalue weighted by molar-refractivity contribution is 6.06. The largest absolute Gasteiger partial charge is 0.492 e. The standard InChI is InChI=1S/C19H20N2O3/c1-19(2)17(22)21(18(23)20-19)12-13-24-16-10-8-15(9-11-16)14-6-4-3-5-7-14/h3-11H,12-13H2,1-2H3,(H,20,23). The third-order valence-corrected chi connectivity index (χ3v) is 3.99. The van der Waals surface area contributed by atoms with Crippen LogP contribution in [0, 0.1) is 0 Å². The molecule has 24 heavy (non-hydrogen) atoms. The Bertz CT molecular complexity index is 739. The molecule has 2 aromatic rings. The van der Waals surface area contributed by atoms with Crippen molar-refractivity contribution >= 4 is 11.9 Å². The molecule has 1 saturated heterocycles. The Morgan fingerprint density at radius 2 is 1.58 bits per heavy atom. The van der Waals surface area contributed by atoms with E-state index in [0.29, 0.717) is 5.75 Å². The van der Waals surface area contributed by atoms with Gasteiger partial charge in [0.2, 0.25) is 0 Å². The number of benzene rings is 2. The van der Waals surface area contributed by atoms with Crippen molar-refractivity contribution in [3.63, 3.8) is 0 Å². The second kappa shape index (κ2) is 6.35. The minimum atomic E-state index is -0.839. The van der Waals surface area contributed by atoms with Crippen LogP contribution in [0.25, 0.3) is 11.1 Å². The number of hydrogen-bond acceptors (Lipinski definition) is 3. The van der Waals surface area contributed by atoms with Crippen molar-refractivity contribution in [2.45, 2.75) is 19.4 Å². The maximum atomic E-state index is 12.1. The lowest BCUT2D eigenvalue weighted by Crippen LogP contribution is -2.40. The molecular formula is C19H20N2O3. The van der Waals surface area contributed by atoms with Gasteiger partial charge in [0.15, 0.2) is 0 Å². The molecule has 0 aromatic heterocycles. The van der Waals surface area contributed by atoms with Crippen LogP contribution in [0.4, 0.5) is 4.79 Å². The first-order valence-electron chi connectivity index (χ1n) is 7.90. The van der Waals surface area contributed by atoms with Gasteiger partial charge in [0.25, 0.3) is 5.91 Å². The monoisotopic (exact) mass is 324 g/mol. The van der Waals surface area contributed by atoms with Crippen LogP contribution in [0.1, 0.15) is 13.8 Å². The Kier molecular flexibility index (Phi) is 4.25. The van der Waals surface area contributed by atoms with Gasteiger partial charge in [-0.15, -0.1) is 0 Å². The summed E-state index contributed by atoms with van der Waals surface area (Å²) in [6.07, 6.45) is 0. The molecular weight excluding hydrogens is 304 g/mol. The smallest absolute Gasteiger partial charge is 0.325 e. The van der Waals surface area contributed by atoms with E-state index < -0.39 is 5.54 Å². The molecule has 3 rings (SSSR count). The fraction of sp³-hybridized carbons (Fsp3) is 0.263. The number of carbonyl (C=O) groups is 2. The lowest BCUT2D eigenvalue weighted by atomic mass is 10.1. The molecule has 1 heterocycles. The van der Waals surface area contributed by atoms with Gasteiger partial charge < -0.3 is 10.1 Å². The first-order valence-corrected chi connectivity index (χ1v) is 7.90. The third kappa shape index (κ3) is 3.25. The number of hydrogen-bond donors (Lipinski definition) is 1. The predicted molar refractivity (Wildman–Crippen MR) is 91.7 cm³/mol. The van der Waals surface area contributed by atoms with E-state index >= 15 is 0 Å². The first-order chi connectivity index (χ1) is 11.5. The van der Waals surface area contributed by atoms with Crippen LogP contribution >= 0.6 is 0 Å². The molecule has 0 unspecified atom stereocenters. The lowest BCUT2D eigenvalue weighted by molar-refractivity contribution is -0.130. The molecule has 124 valence electrons. The zero-order valence-electron chi connectivity index (χ0n) is 13.8. The van der Waals surface area contributed by atoms with Gasteiger partial charge >= 0.3 is 6.03 Å². The van der Waals surface area contributed by atoms with Crippen molar-refractivity contribution in [1.82, 2.24) is 10.2 Å². The van der Waals surface area contributed by atoms with Crippen molar-refractivity contribution in [2.24, 2.45) is 0 Å². The minimum Gasteiger partial charge on any atom is -0.492 e. The molecule has 0 aliphatic carbocycles. The van der Waals surface area contributed by atoms with Crippen LogP contribution in [0.3, 0.4) is 0 Å². The average molecular weight is 324 g/mol. The summed E-state index contributed by atoms with van der Waals surface area (Å²) < 4.78 is 5.65. The molecule has 0 saturated carbocycles. The van der Waals surface area contributed by atoms with Crippen LogP contribution in [0.15, 0.2) is 54.6 Å². The van der Waals surface area contributed by atoms with E-state index in [4.69, 9.17) is 4.74 Å². The average Bonchev–Trinajstić information content (AvgIpc) is 2.78. The molecule has 0 atom stereocenters. The Balaban J connectivity index is 1.56. The summed E-state index contributed by atoms with van der Waals surface area (Å²) in [6.45, 7) is 3.88. The Morgan fingerprint density at radius 1 is 0.958 bits per heavy atom. The summed E-state index contributed by atoms with van der Waals surface area (Å²) in [5, 5.41) is 2.65. The minimum absolute atomic E-state index is 0.226. The fourth-order valence-corrected chi connectivity index (χ4v) is 2.65. The number of imide groups is 1. The normalized spacial score (nSPS) is 16.2. The van der Waals surface area contributed by atoms with Gasteiger partial charge in [-0.05, 0) is 37.1 Å². The topological polar surface area (TPSA) is 58.6 Å². The molecule has 0 spiro atoms. The highest BCUT2D eigenvalue weighted by atomic mass is 16.5. The number of urea groups is 1. The second-order valence-electron chi connectivity index (χ2n) is 6.25. The molecule has 5 heteroatoms. The quantitative estimate of drug-likeness (QED) is 0.860. The second-order valence-corrected chi connectivity index (χ2v) is 6.25. The van der Waals surface area contributed by atoms with Gasteiger partial charge in [-0.2, -0.15) is 0 Å². The Morgan fingerprint density at radius 3 is 2.17 bits per heavy atom. The number of rotatable bonds is 5. The summed E-state index contributed by atoms with van der Waals surface area (Å²) in [4.78, 5) is 25.0. The number of carbonyl (C=O) groups excluding carboxylic acids is 2. The number of nitrogens with zero attached hydrogens (tertiary/aromatic N) is 1. The Hall–Kier alpha value is -2.82. The Labute approximate surface area is 141 Å². The molecule has 1 aliphatic rings. The van der Waals surface area contributed by atoms with E-state index in [9.17, 15) is 9.59 Å². The summed E-state index contributed by atoms with van der Waals surface area (Å²) in [5.41, 5.74) is 1.42. The molecule has 0 bridgehead atoms. The van der Waals surface area contributed by atoms with E-state index in [2.05, 4.69) is 17.4 Å². The summed E-state index contributed by atoms with van der Waals surface area (Å²) in [6, 6.07) is 17.5. The van der Waals surface area contributed by atoms with Gasteiger partial charge in [0.1, 0.15) is 17.9 Å². The van der Waals surface area contributed by atoms with Crippen molar-refractivity contribution in [2.75, 3.05) is 13.2 Å². The molecule has 0 radical (unpaired) electrons. The zero-order chi connectivity index (χ0) is 17.2. The van der Waals surface area contributed by atoms with Crippen LogP contribution in [0.2, 0.25) is 0 Å². The van der Waals surface area contributed by atoms with Gasteiger partial charge in [0.05, 0.1) is 6.54 Å². The van der Waals surface area contributed by atoms with Gasteiger partial charge in [-0.25, -0.2) is 4.79 Å². The number of ether oxygens (including phenoxy) is 1. The van der Waals surface area contributed by atoms with Gasteiger partial charge in [-0.3, -0.25) is 9.69 Å². The van der Waals surface area contributed by atoms with Crippen LogP contribution < -0.4 is 10.1 Å². The van der Waals surface area contributed by atoms with Crippen LogP contribution in [-0.2, 0) is 4.79 Å². The van der Waals surface area contributed by atoms with Gasteiger partial charge in [0, 0.05) is 0 Å². The highest BCUT2D eigenvalue weighted by Crippen LogP contribution is 2.22. The highest BCUT2D eigenvalue weighted by Gasteiger charge is 2.43. The third-order valence-electron chi connectivity index (χ3n) is 3.99. The van der Waals surface area contributed by atoms with E-state index in [0.717, 1.165) is 11.1 Å². The van der Waals surface area contributed by atoms with E-state index in [1.54, 1.807) is 13.8 Å². The molecule has 2 aromatic carbocycles. The fourth-order valence-electron chi connectivity index (χ4n) is 2.65. The molecule has 1 N–H and O–H groups in total. The predicted octanol–water partition coefficient (Wildman–Crippen LogP) is 3.06. The van der Waals surface area contributed by atoms with Gasteiger partial charge in [-0.1, -0.05) is 42.5 Å². The van der Waals surface area contributed by atoms with E-state index in [1.165, 1.54) is 4.90 Å². The number of nitrogens with one attached hydrogen (secondary N) is 1. The molecule has 5 nitrogen and oxygen atoms in total. The van der Waals surface area contributed by atoms with Crippen molar-refractivity contribution in [1.29, 1.82) is 0 Å². The molecule has 3 amide bonds. The zero-order valence-corrected chi connectivity index (χ0v) is 13.8. The van der Waals surface area contributed by atoms with E-state index in [1.807, 2.05) is 42.5 Å². The summed E-state index contributed by atoms with van der Waals surface area (Å²) in [7, 11) is 0.